The summed E-state index contributed by atoms with van der Waals surface area (Å²) in [5, 5.41) is 8.30. The molecule has 0 radical (unpaired) electrons. The van der Waals surface area contributed by atoms with Gasteiger partial charge in [0.15, 0.2) is 5.82 Å². The van der Waals surface area contributed by atoms with Crippen molar-refractivity contribution in [1.82, 2.24) is 10.2 Å². The van der Waals surface area contributed by atoms with Crippen molar-refractivity contribution in [1.29, 1.82) is 0 Å². The minimum absolute atomic E-state index is 0.448. The van der Waals surface area contributed by atoms with Gasteiger partial charge in [0, 0.05) is 33.4 Å². The summed E-state index contributed by atoms with van der Waals surface area (Å²) >= 11 is 0. The van der Waals surface area contributed by atoms with Crippen LogP contribution in [0.2, 0.25) is 0 Å². The Morgan fingerprint density at radius 1 is 1.35 bits per heavy atom. The van der Waals surface area contributed by atoms with E-state index in [1.165, 1.54) is 0 Å². The van der Waals surface area contributed by atoms with Crippen molar-refractivity contribution in [2.75, 3.05) is 31.7 Å². The van der Waals surface area contributed by atoms with E-state index >= 15 is 0 Å². The monoisotopic (exact) mass is 236 g/mol. The average Bonchev–Trinajstić information content (AvgIpc) is 2.40. The number of rotatable bonds is 4. The first-order chi connectivity index (χ1) is 8.33. The zero-order valence-corrected chi connectivity index (χ0v) is 10.3. The SMILES string of the molecule is COCC1CCN(c2ccc(CN)nn2)CC1. The van der Waals surface area contributed by atoms with Gasteiger partial charge < -0.3 is 15.4 Å². The molecule has 2 rings (SSSR count). The summed E-state index contributed by atoms with van der Waals surface area (Å²) in [4.78, 5) is 2.28. The number of nitrogens with two attached hydrogens (primary N) is 1. The standard InChI is InChI=1S/C12H20N4O/c1-17-9-10-4-6-16(7-5-10)12-3-2-11(8-13)14-15-12/h2-3,10H,4-9,13H2,1H3. The minimum atomic E-state index is 0.448. The van der Waals surface area contributed by atoms with Crippen LogP contribution < -0.4 is 10.6 Å². The van der Waals surface area contributed by atoms with Crippen LogP contribution in [0.3, 0.4) is 0 Å². The number of nitrogens with zero attached hydrogens (tertiary/aromatic N) is 3. The van der Waals surface area contributed by atoms with Crippen LogP contribution in [0.5, 0.6) is 0 Å². The van der Waals surface area contributed by atoms with Crippen molar-refractivity contribution >= 4 is 5.82 Å². The maximum Gasteiger partial charge on any atom is 0.151 e. The van der Waals surface area contributed by atoms with Crippen LogP contribution in [0.15, 0.2) is 12.1 Å². The second kappa shape index (κ2) is 5.93. The molecule has 0 saturated carbocycles. The van der Waals surface area contributed by atoms with E-state index < -0.39 is 0 Å². The molecule has 17 heavy (non-hydrogen) atoms. The van der Waals surface area contributed by atoms with Gasteiger partial charge in [-0.3, -0.25) is 0 Å². The summed E-state index contributed by atoms with van der Waals surface area (Å²) in [6.45, 7) is 3.38. The summed E-state index contributed by atoms with van der Waals surface area (Å²) in [5.41, 5.74) is 6.34. The Bertz CT molecular complexity index is 333. The first-order valence-electron chi connectivity index (χ1n) is 6.10. The Hall–Kier alpha value is -1.20. The van der Waals surface area contributed by atoms with Crippen molar-refractivity contribution in [3.8, 4) is 0 Å². The van der Waals surface area contributed by atoms with E-state index in [9.17, 15) is 0 Å². The van der Waals surface area contributed by atoms with Gasteiger partial charge in [0.05, 0.1) is 5.69 Å². The van der Waals surface area contributed by atoms with Gasteiger partial charge in [-0.05, 0) is 30.9 Å². The van der Waals surface area contributed by atoms with Gasteiger partial charge in [0.2, 0.25) is 0 Å². The lowest BCUT2D eigenvalue weighted by atomic mass is 9.98. The van der Waals surface area contributed by atoms with E-state index in [-0.39, 0.29) is 0 Å². The first kappa shape index (κ1) is 12.3. The van der Waals surface area contributed by atoms with E-state index in [0.29, 0.717) is 12.5 Å². The van der Waals surface area contributed by atoms with E-state index in [4.69, 9.17) is 10.5 Å². The van der Waals surface area contributed by atoms with Gasteiger partial charge in [0.1, 0.15) is 0 Å². The van der Waals surface area contributed by atoms with Gasteiger partial charge in [-0.25, -0.2) is 0 Å². The number of aromatic nitrogens is 2. The van der Waals surface area contributed by atoms with Gasteiger partial charge in [0.25, 0.3) is 0 Å². The highest BCUT2D eigenvalue weighted by Gasteiger charge is 2.20. The molecule has 2 heterocycles. The maximum absolute atomic E-state index is 5.50. The molecule has 0 amide bonds. The Morgan fingerprint density at radius 2 is 2.12 bits per heavy atom. The molecule has 2 N–H and O–H groups in total. The van der Waals surface area contributed by atoms with Crippen LogP contribution in [-0.4, -0.2) is 37.0 Å². The summed E-state index contributed by atoms with van der Waals surface area (Å²) in [6.07, 6.45) is 2.32. The van der Waals surface area contributed by atoms with Crippen molar-refractivity contribution in [2.45, 2.75) is 19.4 Å². The van der Waals surface area contributed by atoms with Crippen LogP contribution in [0.4, 0.5) is 5.82 Å². The van der Waals surface area contributed by atoms with Crippen LogP contribution in [0.1, 0.15) is 18.5 Å². The molecule has 1 aliphatic heterocycles. The predicted molar refractivity (Wildman–Crippen MR) is 66.7 cm³/mol. The molecule has 5 heteroatoms. The zero-order chi connectivity index (χ0) is 12.1. The summed E-state index contributed by atoms with van der Waals surface area (Å²) < 4.78 is 5.19. The highest BCUT2D eigenvalue weighted by molar-refractivity contribution is 5.37. The third kappa shape index (κ3) is 3.14. The Balaban J connectivity index is 1.91. The molecule has 5 nitrogen and oxygen atoms in total. The van der Waals surface area contributed by atoms with Crippen molar-refractivity contribution in [2.24, 2.45) is 11.7 Å². The minimum Gasteiger partial charge on any atom is -0.384 e. The molecule has 0 spiro atoms. The number of ether oxygens (including phenoxy) is 1. The molecule has 0 aromatic carbocycles. The molecule has 0 bridgehead atoms. The molecular formula is C12H20N4O. The highest BCUT2D eigenvalue weighted by atomic mass is 16.5. The quantitative estimate of drug-likeness (QED) is 0.837. The van der Waals surface area contributed by atoms with Crippen molar-refractivity contribution in [3.63, 3.8) is 0 Å². The number of anilines is 1. The molecule has 94 valence electrons. The number of hydrogen-bond donors (Lipinski definition) is 1. The van der Waals surface area contributed by atoms with Gasteiger partial charge >= 0.3 is 0 Å². The summed E-state index contributed by atoms with van der Waals surface area (Å²) in [6, 6.07) is 3.95. The lowest BCUT2D eigenvalue weighted by molar-refractivity contribution is 0.139. The second-order valence-electron chi connectivity index (χ2n) is 4.47. The van der Waals surface area contributed by atoms with Gasteiger partial charge in [-0.1, -0.05) is 0 Å². The fourth-order valence-corrected chi connectivity index (χ4v) is 2.19. The van der Waals surface area contributed by atoms with Crippen LogP contribution in [-0.2, 0) is 11.3 Å². The lowest BCUT2D eigenvalue weighted by Crippen LogP contribution is -2.35. The van der Waals surface area contributed by atoms with Crippen LogP contribution in [0.25, 0.3) is 0 Å². The lowest BCUT2D eigenvalue weighted by Gasteiger charge is -2.32. The van der Waals surface area contributed by atoms with E-state index in [1.807, 2.05) is 12.1 Å². The zero-order valence-electron chi connectivity index (χ0n) is 10.3. The molecule has 1 aromatic rings. The molecule has 1 aliphatic rings. The average molecular weight is 236 g/mol. The molecular weight excluding hydrogens is 216 g/mol. The predicted octanol–water partition coefficient (Wildman–Crippen LogP) is 0.798. The number of hydrogen-bond acceptors (Lipinski definition) is 5. The van der Waals surface area contributed by atoms with Crippen molar-refractivity contribution < 1.29 is 4.74 Å². The molecule has 1 aromatic heterocycles. The third-order valence-electron chi connectivity index (χ3n) is 3.26. The normalized spacial score (nSPS) is 17.4. The van der Waals surface area contributed by atoms with E-state index in [0.717, 1.165) is 44.0 Å². The molecule has 1 fully saturated rings. The fraction of sp³-hybridized carbons (Fsp3) is 0.667. The molecule has 0 unspecified atom stereocenters. The highest BCUT2D eigenvalue weighted by Crippen LogP contribution is 2.21. The van der Waals surface area contributed by atoms with Crippen LogP contribution in [0, 0.1) is 5.92 Å². The third-order valence-corrected chi connectivity index (χ3v) is 3.26. The molecule has 0 aliphatic carbocycles. The summed E-state index contributed by atoms with van der Waals surface area (Å²) in [7, 11) is 1.77. The van der Waals surface area contributed by atoms with Crippen LogP contribution >= 0.6 is 0 Å². The van der Waals surface area contributed by atoms with E-state index in [1.54, 1.807) is 7.11 Å². The Morgan fingerprint density at radius 3 is 2.65 bits per heavy atom. The second-order valence-corrected chi connectivity index (χ2v) is 4.47. The molecule has 1 saturated heterocycles. The number of methoxy groups -OCH3 is 1. The Labute approximate surface area is 102 Å². The topological polar surface area (TPSA) is 64.3 Å². The van der Waals surface area contributed by atoms with Gasteiger partial charge in [-0.2, -0.15) is 5.10 Å². The smallest absolute Gasteiger partial charge is 0.151 e. The first-order valence-corrected chi connectivity index (χ1v) is 6.10. The van der Waals surface area contributed by atoms with Gasteiger partial charge in [-0.15, -0.1) is 5.10 Å². The molecule has 0 atom stereocenters. The maximum atomic E-state index is 5.50. The van der Waals surface area contributed by atoms with E-state index in [2.05, 4.69) is 15.1 Å². The number of piperidine rings is 1. The van der Waals surface area contributed by atoms with Crippen molar-refractivity contribution in [3.05, 3.63) is 17.8 Å². The summed E-state index contributed by atoms with van der Waals surface area (Å²) in [5.74, 6) is 1.64. The largest absolute Gasteiger partial charge is 0.384 e. The Kier molecular flexibility index (Phi) is 4.28. The fourth-order valence-electron chi connectivity index (χ4n) is 2.19.